The van der Waals surface area contributed by atoms with Crippen molar-refractivity contribution in [2.24, 2.45) is 0 Å². The van der Waals surface area contributed by atoms with Crippen LogP contribution in [0.2, 0.25) is 0 Å². The number of oxazole rings is 1. The predicted octanol–water partition coefficient (Wildman–Crippen LogP) is 2.84. The Morgan fingerprint density at radius 3 is 2.60 bits per heavy atom. The van der Waals surface area contributed by atoms with Gasteiger partial charge in [0.25, 0.3) is 0 Å². The van der Waals surface area contributed by atoms with E-state index >= 15 is 0 Å². The number of ketones is 1. The van der Waals surface area contributed by atoms with Gasteiger partial charge < -0.3 is 9.15 Å². The van der Waals surface area contributed by atoms with Crippen molar-refractivity contribution >= 4 is 33.1 Å². The molecule has 0 radical (unpaired) electrons. The number of carbonyl (C=O) groups excluding carboxylic acids is 2. The molecular weight excluding hydrogens is 428 g/mol. The maximum atomic E-state index is 12.3. The number of esters is 1. The molecule has 3 rings (SSSR count). The molecule has 0 fully saturated rings. The number of carbonyl (C=O) groups is 2. The highest BCUT2D eigenvalue weighted by Crippen LogP contribution is 2.22. The first-order valence-corrected chi connectivity index (χ1v) is 11.7. The molecule has 8 nitrogen and oxygen atoms in total. The lowest BCUT2D eigenvalue weighted by Crippen LogP contribution is -2.24. The van der Waals surface area contributed by atoms with E-state index in [-0.39, 0.29) is 18.0 Å². The van der Waals surface area contributed by atoms with Crippen molar-refractivity contribution in [2.75, 3.05) is 19.4 Å². The summed E-state index contributed by atoms with van der Waals surface area (Å²) in [5, 5.41) is 0. The van der Waals surface area contributed by atoms with Crippen molar-refractivity contribution in [1.29, 1.82) is 0 Å². The Hall–Kier alpha value is -2.82. The third-order valence-corrected chi connectivity index (χ3v) is 5.93. The average Bonchev–Trinajstić information content (AvgIpc) is 3.32. The Bertz CT molecular complexity index is 1150. The highest BCUT2D eigenvalue weighted by Gasteiger charge is 2.21. The Morgan fingerprint density at radius 1 is 1.17 bits per heavy atom. The lowest BCUT2D eigenvalue weighted by molar-refractivity contribution is 0.0469. The monoisotopic (exact) mass is 448 g/mol. The van der Waals surface area contributed by atoms with Crippen LogP contribution in [0.15, 0.2) is 46.9 Å². The van der Waals surface area contributed by atoms with Gasteiger partial charge in [-0.25, -0.2) is 22.9 Å². The zero-order valence-electron chi connectivity index (χ0n) is 16.4. The van der Waals surface area contributed by atoms with Crippen LogP contribution in [-0.4, -0.2) is 44.6 Å². The molecule has 0 saturated carbocycles. The number of benzene rings is 1. The molecule has 1 N–H and O–H groups in total. The summed E-state index contributed by atoms with van der Waals surface area (Å²) in [6.07, 6.45) is 1.55. The summed E-state index contributed by atoms with van der Waals surface area (Å²) in [6.45, 7) is 1.43. The normalized spacial score (nSPS) is 11.4. The van der Waals surface area contributed by atoms with Gasteiger partial charge in [-0.15, -0.1) is 11.3 Å². The predicted molar refractivity (Wildman–Crippen MR) is 112 cm³/mol. The van der Waals surface area contributed by atoms with Gasteiger partial charge in [0, 0.05) is 17.0 Å². The molecule has 0 amide bonds. The molecular formula is C20H20N2O6S2. The summed E-state index contributed by atoms with van der Waals surface area (Å²) in [6, 6.07) is 12.5. The Balaban J connectivity index is 1.56. The third-order valence-electron chi connectivity index (χ3n) is 4.02. The first-order valence-electron chi connectivity index (χ1n) is 8.99. The van der Waals surface area contributed by atoms with Crippen molar-refractivity contribution in [3.8, 4) is 11.5 Å². The fraction of sp³-hybridized carbons (Fsp3) is 0.250. The molecule has 10 heteroatoms. The number of hydrogen-bond donors (Lipinski definition) is 1. The van der Waals surface area contributed by atoms with Gasteiger partial charge in [-0.05, 0) is 37.6 Å². The van der Waals surface area contributed by atoms with Crippen LogP contribution in [0.4, 0.5) is 0 Å². The fourth-order valence-electron chi connectivity index (χ4n) is 2.58. The number of thiophene rings is 1. The molecule has 0 aliphatic carbocycles. The molecule has 2 aromatic heterocycles. The zero-order chi connectivity index (χ0) is 21.7. The van der Waals surface area contributed by atoms with Gasteiger partial charge in [0.1, 0.15) is 5.76 Å². The van der Waals surface area contributed by atoms with Gasteiger partial charge in [-0.2, -0.15) is 0 Å². The van der Waals surface area contributed by atoms with E-state index in [2.05, 4.69) is 9.71 Å². The molecule has 0 aliphatic rings. The van der Waals surface area contributed by atoms with E-state index in [9.17, 15) is 18.0 Å². The van der Waals surface area contributed by atoms with E-state index in [1.54, 1.807) is 19.1 Å². The van der Waals surface area contributed by atoms with Gasteiger partial charge in [0.05, 0.1) is 11.1 Å². The molecule has 0 aliphatic heterocycles. The number of aryl methyl sites for hydroxylation is 1. The second-order valence-corrected chi connectivity index (χ2v) is 9.47. The Labute approximate surface area is 178 Å². The number of Topliss-reactive ketones (excluding diaryl/α,β-unsaturated/α-hetero) is 1. The van der Waals surface area contributed by atoms with Crippen LogP contribution in [0.25, 0.3) is 11.5 Å². The molecule has 158 valence electrons. The minimum absolute atomic E-state index is 0.0281. The van der Waals surface area contributed by atoms with Crippen LogP contribution in [0, 0.1) is 6.92 Å². The molecule has 2 heterocycles. The van der Waals surface area contributed by atoms with Crippen LogP contribution in [0.5, 0.6) is 0 Å². The van der Waals surface area contributed by atoms with E-state index in [4.69, 9.17) is 9.15 Å². The highest BCUT2D eigenvalue weighted by molar-refractivity contribution is 7.88. The number of hydrogen-bond acceptors (Lipinski definition) is 8. The van der Waals surface area contributed by atoms with Crippen molar-refractivity contribution < 1.29 is 27.2 Å². The molecule has 0 spiro atoms. The van der Waals surface area contributed by atoms with Crippen LogP contribution in [0.3, 0.4) is 0 Å². The largest absolute Gasteiger partial charge is 0.452 e. The number of aromatic nitrogens is 1. The summed E-state index contributed by atoms with van der Waals surface area (Å²) in [5.41, 5.74) is 0.757. The van der Waals surface area contributed by atoms with Gasteiger partial charge in [-0.1, -0.05) is 18.2 Å². The molecule has 1 aromatic carbocycles. The second kappa shape index (κ2) is 9.33. The second-order valence-electron chi connectivity index (χ2n) is 6.47. The number of nitrogens with zero attached hydrogens (tertiary/aromatic N) is 1. The van der Waals surface area contributed by atoms with Gasteiger partial charge in [-0.3, -0.25) is 4.79 Å². The smallest absolute Gasteiger partial charge is 0.361 e. The summed E-state index contributed by atoms with van der Waals surface area (Å²) in [7, 11) is -3.25. The Kier molecular flexibility index (Phi) is 6.80. The quantitative estimate of drug-likeness (QED) is 0.395. The minimum atomic E-state index is -3.25. The molecule has 0 bridgehead atoms. The van der Waals surface area contributed by atoms with Crippen molar-refractivity contribution in [3.05, 3.63) is 63.7 Å². The lowest BCUT2D eigenvalue weighted by atomic mass is 10.2. The van der Waals surface area contributed by atoms with E-state index < -0.39 is 22.6 Å². The first-order chi connectivity index (χ1) is 14.2. The van der Waals surface area contributed by atoms with Crippen molar-refractivity contribution in [3.63, 3.8) is 0 Å². The maximum absolute atomic E-state index is 12.3. The van der Waals surface area contributed by atoms with Gasteiger partial charge in [0.15, 0.2) is 12.3 Å². The van der Waals surface area contributed by atoms with E-state index in [1.807, 2.05) is 30.3 Å². The zero-order valence-corrected chi connectivity index (χ0v) is 18.0. The summed E-state index contributed by atoms with van der Waals surface area (Å²) >= 11 is 1.23. The third kappa shape index (κ3) is 5.85. The van der Waals surface area contributed by atoms with Crippen molar-refractivity contribution in [2.45, 2.75) is 13.3 Å². The number of rotatable bonds is 9. The summed E-state index contributed by atoms with van der Waals surface area (Å²) in [4.78, 5) is 30.1. The van der Waals surface area contributed by atoms with E-state index in [0.717, 1.165) is 16.7 Å². The van der Waals surface area contributed by atoms with Crippen LogP contribution >= 0.6 is 11.3 Å². The lowest BCUT2D eigenvalue weighted by Gasteiger charge is -2.01. The van der Waals surface area contributed by atoms with Crippen molar-refractivity contribution in [1.82, 2.24) is 9.71 Å². The molecule has 30 heavy (non-hydrogen) atoms. The molecule has 0 atom stereocenters. The highest BCUT2D eigenvalue weighted by atomic mass is 32.2. The SMILES string of the molecule is Cc1oc(-c2ccccc2)nc1C(=O)OCC(=O)c1ccc(CCNS(C)(=O)=O)s1. The topological polar surface area (TPSA) is 116 Å². The van der Waals surface area contributed by atoms with E-state index in [1.165, 1.54) is 11.3 Å². The van der Waals surface area contributed by atoms with Crippen LogP contribution in [0.1, 0.15) is 30.8 Å². The average molecular weight is 449 g/mol. The standard InChI is InChI=1S/C20H20N2O6S2/c1-13-18(22-19(28-13)14-6-4-3-5-7-14)20(24)27-12-16(23)17-9-8-15(29-17)10-11-21-30(2,25)26/h3-9,21H,10-12H2,1-2H3. The molecule has 0 unspecified atom stereocenters. The number of sulfonamides is 1. The summed E-state index contributed by atoms with van der Waals surface area (Å²) in [5.74, 6) is -0.471. The first kappa shape index (κ1) is 21.9. The maximum Gasteiger partial charge on any atom is 0.361 e. The fourth-order valence-corrected chi connectivity index (χ4v) is 3.99. The van der Waals surface area contributed by atoms with Crippen LogP contribution < -0.4 is 4.72 Å². The number of ether oxygens (including phenoxy) is 1. The molecule has 3 aromatic rings. The number of nitrogens with one attached hydrogen (secondary N) is 1. The molecule has 0 saturated heterocycles. The van der Waals surface area contributed by atoms with Gasteiger partial charge in [0.2, 0.25) is 21.7 Å². The minimum Gasteiger partial charge on any atom is -0.452 e. The summed E-state index contributed by atoms with van der Waals surface area (Å²) < 4.78 is 35.2. The Morgan fingerprint density at radius 2 is 1.90 bits per heavy atom. The van der Waals surface area contributed by atoms with Gasteiger partial charge >= 0.3 is 5.97 Å². The van der Waals surface area contributed by atoms with E-state index in [0.29, 0.717) is 22.9 Å². The van der Waals surface area contributed by atoms with Crippen LogP contribution in [-0.2, 0) is 21.2 Å².